The van der Waals surface area contributed by atoms with Crippen LogP contribution in [0.15, 0.2) is 48.6 Å². The van der Waals surface area contributed by atoms with Gasteiger partial charge >= 0.3 is 0 Å². The number of benzene rings is 1. The van der Waals surface area contributed by atoms with Gasteiger partial charge in [0.15, 0.2) is 0 Å². The van der Waals surface area contributed by atoms with E-state index in [1.807, 2.05) is 6.08 Å². The van der Waals surface area contributed by atoms with Gasteiger partial charge in [0.25, 0.3) is 0 Å². The fraction of sp³-hybridized carbons (Fsp3) is 0.656. The number of hydrogen-bond donors (Lipinski definition) is 0. The number of rotatable bonds is 12. The smallest absolute Gasteiger partial charge is 0.0908 e. The van der Waals surface area contributed by atoms with E-state index in [2.05, 4.69) is 43.8 Å². The molecule has 2 fully saturated rings. The Labute approximate surface area is 204 Å². The Morgan fingerprint density at radius 2 is 1.55 bits per heavy atom. The largest absolute Gasteiger partial charge is 0.193 e. The van der Waals surface area contributed by atoms with E-state index < -0.39 is 0 Å². The van der Waals surface area contributed by atoms with Gasteiger partial charge in [-0.15, -0.1) is 0 Å². The topological polar surface area (TPSA) is 23.8 Å². The number of hydrogen-bond acceptors (Lipinski definition) is 1. The molecule has 1 aromatic rings. The van der Waals surface area contributed by atoms with Crippen molar-refractivity contribution in [2.45, 2.75) is 116 Å². The van der Waals surface area contributed by atoms with Gasteiger partial charge in [-0.3, -0.25) is 0 Å². The van der Waals surface area contributed by atoms with Gasteiger partial charge in [-0.1, -0.05) is 75.1 Å². The predicted octanol–water partition coefficient (Wildman–Crippen LogP) is 9.70. The minimum Gasteiger partial charge on any atom is -0.193 e. The van der Waals surface area contributed by atoms with Crippen LogP contribution in [0.4, 0.5) is 0 Å². The van der Waals surface area contributed by atoms with Crippen molar-refractivity contribution in [3.05, 3.63) is 59.7 Å². The molecular formula is C32H47N. The fourth-order valence-electron chi connectivity index (χ4n) is 6.31. The third-order valence-corrected chi connectivity index (χ3v) is 8.58. The summed E-state index contributed by atoms with van der Waals surface area (Å²) in [5, 5.41) is 8.62. The highest BCUT2D eigenvalue weighted by Gasteiger charge is 2.29. The second kappa shape index (κ2) is 14.5. The lowest BCUT2D eigenvalue weighted by atomic mass is 9.69. The molecule has 1 heteroatoms. The molecule has 0 aromatic heterocycles. The number of allylic oxidation sites excluding steroid dienone is 3. The molecular weight excluding hydrogens is 398 g/mol. The van der Waals surface area contributed by atoms with Gasteiger partial charge in [-0.05, 0) is 112 Å². The molecule has 3 rings (SSSR count). The Morgan fingerprint density at radius 1 is 0.909 bits per heavy atom. The van der Waals surface area contributed by atoms with Crippen molar-refractivity contribution < 1.29 is 0 Å². The number of unbranched alkanes of at least 4 members (excludes halogenated alkanes) is 4. The van der Waals surface area contributed by atoms with E-state index in [0.717, 1.165) is 30.1 Å². The van der Waals surface area contributed by atoms with E-state index in [1.54, 1.807) is 17.2 Å². The summed E-state index contributed by atoms with van der Waals surface area (Å²) >= 11 is 0. The molecule has 2 aliphatic carbocycles. The van der Waals surface area contributed by atoms with Crippen LogP contribution in [-0.4, -0.2) is 0 Å². The molecule has 0 unspecified atom stereocenters. The summed E-state index contributed by atoms with van der Waals surface area (Å²) in [6.07, 6.45) is 24.8. The lowest BCUT2D eigenvalue weighted by Gasteiger charge is -2.36. The van der Waals surface area contributed by atoms with Gasteiger partial charge in [0.2, 0.25) is 0 Å². The van der Waals surface area contributed by atoms with Crippen molar-refractivity contribution in [1.29, 1.82) is 5.26 Å². The normalized spacial score (nSPS) is 25.7. The van der Waals surface area contributed by atoms with Crippen molar-refractivity contribution >= 4 is 0 Å². The van der Waals surface area contributed by atoms with Gasteiger partial charge < -0.3 is 0 Å². The van der Waals surface area contributed by atoms with Crippen molar-refractivity contribution in [3.63, 3.8) is 0 Å². The molecule has 2 aliphatic rings. The maximum Gasteiger partial charge on any atom is 0.0908 e. The minimum absolute atomic E-state index is 0.753. The summed E-state index contributed by atoms with van der Waals surface area (Å²) in [7, 11) is 0. The molecule has 0 aliphatic heterocycles. The number of nitrogens with zero attached hydrogens (tertiary/aromatic N) is 1. The van der Waals surface area contributed by atoms with Crippen LogP contribution in [-0.2, 0) is 6.42 Å². The molecule has 0 bridgehead atoms. The highest BCUT2D eigenvalue weighted by atomic mass is 14.3. The minimum atomic E-state index is 0.753. The Morgan fingerprint density at radius 3 is 2.18 bits per heavy atom. The van der Waals surface area contributed by atoms with Crippen LogP contribution in [0.2, 0.25) is 0 Å². The van der Waals surface area contributed by atoms with Crippen molar-refractivity contribution in [2.24, 2.45) is 17.8 Å². The average molecular weight is 446 g/mol. The zero-order valence-electron chi connectivity index (χ0n) is 21.2. The monoisotopic (exact) mass is 445 g/mol. The first-order valence-corrected chi connectivity index (χ1v) is 14.0. The van der Waals surface area contributed by atoms with E-state index in [0.29, 0.717) is 0 Å². The molecule has 0 saturated heterocycles. The second-order valence-electron chi connectivity index (χ2n) is 10.9. The lowest BCUT2D eigenvalue weighted by Crippen LogP contribution is -2.22. The third kappa shape index (κ3) is 8.48. The third-order valence-electron chi connectivity index (χ3n) is 8.58. The van der Waals surface area contributed by atoms with Gasteiger partial charge in [0.05, 0.1) is 6.07 Å². The second-order valence-corrected chi connectivity index (χ2v) is 10.9. The molecule has 0 amide bonds. The summed E-state index contributed by atoms with van der Waals surface area (Å²) in [6.45, 7) is 6.91. The quantitative estimate of drug-likeness (QED) is 0.178. The zero-order chi connectivity index (χ0) is 23.3. The molecule has 1 aromatic carbocycles. The van der Waals surface area contributed by atoms with Gasteiger partial charge in [-0.25, -0.2) is 0 Å². The molecule has 2 saturated carbocycles. The van der Waals surface area contributed by atoms with E-state index in [1.165, 1.54) is 102 Å². The summed E-state index contributed by atoms with van der Waals surface area (Å²) in [4.78, 5) is 0. The van der Waals surface area contributed by atoms with Crippen molar-refractivity contribution in [2.75, 3.05) is 0 Å². The molecule has 0 atom stereocenters. The lowest BCUT2D eigenvalue weighted by molar-refractivity contribution is 0.260. The summed E-state index contributed by atoms with van der Waals surface area (Å²) in [5.74, 6) is 3.12. The van der Waals surface area contributed by atoms with Gasteiger partial charge in [0, 0.05) is 6.08 Å². The molecule has 180 valence electrons. The van der Waals surface area contributed by atoms with Crippen LogP contribution in [0.25, 0.3) is 0 Å². The molecule has 0 spiro atoms. The summed E-state index contributed by atoms with van der Waals surface area (Å²) < 4.78 is 0. The van der Waals surface area contributed by atoms with Crippen LogP contribution >= 0.6 is 0 Å². The fourth-order valence-corrected chi connectivity index (χ4v) is 6.31. The van der Waals surface area contributed by atoms with E-state index >= 15 is 0 Å². The first-order chi connectivity index (χ1) is 16.2. The number of aryl methyl sites for hydroxylation is 1. The summed E-state index contributed by atoms with van der Waals surface area (Å²) in [6, 6.07) is 11.7. The first kappa shape index (κ1) is 25.8. The molecule has 0 heterocycles. The maximum atomic E-state index is 8.62. The van der Waals surface area contributed by atoms with Crippen LogP contribution in [0.5, 0.6) is 0 Å². The highest BCUT2D eigenvalue weighted by molar-refractivity contribution is 5.26. The molecule has 1 nitrogen and oxygen atoms in total. The average Bonchev–Trinajstić information content (AvgIpc) is 2.87. The van der Waals surface area contributed by atoms with Gasteiger partial charge in [-0.2, -0.15) is 5.26 Å². The Bertz CT molecular complexity index is 749. The van der Waals surface area contributed by atoms with Crippen molar-refractivity contribution in [1.82, 2.24) is 0 Å². The maximum absolute atomic E-state index is 8.62. The van der Waals surface area contributed by atoms with E-state index in [-0.39, 0.29) is 0 Å². The molecule has 0 N–H and O–H groups in total. The van der Waals surface area contributed by atoms with Crippen LogP contribution in [0.1, 0.15) is 120 Å². The van der Waals surface area contributed by atoms with Crippen LogP contribution < -0.4 is 0 Å². The highest BCUT2D eigenvalue weighted by Crippen LogP contribution is 2.44. The first-order valence-electron chi connectivity index (χ1n) is 14.0. The van der Waals surface area contributed by atoms with Crippen LogP contribution in [0.3, 0.4) is 0 Å². The molecule has 0 radical (unpaired) electrons. The SMILES string of the molecule is C=C([C@H]1CC[C@H](CC/C=C/C#N)CC1)[C@H]1CC[C@H](c2ccc(CCCCCCC)cc2)CC1. The summed E-state index contributed by atoms with van der Waals surface area (Å²) in [5.41, 5.74) is 4.67. The zero-order valence-corrected chi connectivity index (χ0v) is 21.2. The van der Waals surface area contributed by atoms with Gasteiger partial charge in [0.1, 0.15) is 0 Å². The Balaban J connectivity index is 1.36. The number of nitriles is 1. The predicted molar refractivity (Wildman–Crippen MR) is 142 cm³/mol. The Hall–Kier alpha value is -1.81. The van der Waals surface area contributed by atoms with Crippen molar-refractivity contribution in [3.8, 4) is 6.07 Å². The Kier molecular flexibility index (Phi) is 11.3. The van der Waals surface area contributed by atoms with E-state index in [4.69, 9.17) is 5.26 Å². The van der Waals surface area contributed by atoms with E-state index in [9.17, 15) is 0 Å². The van der Waals surface area contributed by atoms with Crippen LogP contribution in [0, 0.1) is 29.1 Å². The molecule has 33 heavy (non-hydrogen) atoms. The standard InChI is InChI=1S/C32H47N/c1-3-4-5-6-8-11-28-15-19-31(20-16-28)32-23-21-30(22-24-32)26(2)29-17-13-27(14-18-29)12-9-7-10-25-33/h7,10,15-16,19-20,27,29-30,32H,2-6,8-9,11-14,17-18,21-24H2,1H3/b10-7+/t27-,29-,30-,32-.